The fourth-order valence-electron chi connectivity index (χ4n) is 1.86. The Morgan fingerprint density at radius 2 is 2.31 bits per heavy atom. The van der Waals surface area contributed by atoms with Crippen LogP contribution in [0.3, 0.4) is 0 Å². The number of aliphatic hydroxyl groups is 1. The lowest BCUT2D eigenvalue weighted by Crippen LogP contribution is -2.41. The molecule has 0 bridgehead atoms. The fraction of sp³-hybridized carbons (Fsp3) is 0.889. The highest BCUT2D eigenvalue weighted by Gasteiger charge is 2.29. The van der Waals surface area contributed by atoms with Gasteiger partial charge in [-0.3, -0.25) is 4.79 Å². The Bertz CT molecular complexity index is 184. The molecule has 0 spiro atoms. The molecule has 0 aliphatic heterocycles. The van der Waals surface area contributed by atoms with E-state index >= 15 is 0 Å². The summed E-state index contributed by atoms with van der Waals surface area (Å²) in [6, 6.07) is -0.569. The zero-order valence-corrected chi connectivity index (χ0v) is 7.90. The second kappa shape index (κ2) is 4.58. The molecule has 13 heavy (non-hydrogen) atoms. The average Bonchev–Trinajstić information content (AvgIpc) is 2.15. The second-order valence-corrected chi connectivity index (χ2v) is 3.63. The number of carbonyl (C=O) groups is 1. The van der Waals surface area contributed by atoms with Gasteiger partial charge in [0.1, 0.15) is 6.04 Å². The third-order valence-corrected chi connectivity index (χ3v) is 2.67. The van der Waals surface area contributed by atoms with Gasteiger partial charge in [-0.05, 0) is 25.2 Å². The third kappa shape index (κ3) is 2.67. The van der Waals surface area contributed by atoms with Gasteiger partial charge >= 0.3 is 5.97 Å². The Hall–Kier alpha value is -0.610. The fourth-order valence-corrected chi connectivity index (χ4v) is 1.86. The van der Waals surface area contributed by atoms with Crippen LogP contribution in [0.15, 0.2) is 0 Å². The number of esters is 1. The summed E-state index contributed by atoms with van der Waals surface area (Å²) in [5.41, 5.74) is 5.68. The molecule has 4 nitrogen and oxygen atoms in total. The molecule has 0 unspecified atom stereocenters. The average molecular weight is 187 g/mol. The predicted octanol–water partition coefficient (Wildman–Crippen LogP) is 0.0378. The van der Waals surface area contributed by atoms with Crippen molar-refractivity contribution in [2.24, 2.45) is 11.7 Å². The largest absolute Gasteiger partial charge is 0.468 e. The zero-order chi connectivity index (χ0) is 9.84. The summed E-state index contributed by atoms with van der Waals surface area (Å²) in [6.07, 6.45) is 3.00. The topological polar surface area (TPSA) is 72.5 Å². The summed E-state index contributed by atoms with van der Waals surface area (Å²) in [5.74, 6) is -0.296. The van der Waals surface area contributed by atoms with Crippen LogP contribution in [0.1, 0.15) is 25.7 Å². The lowest BCUT2D eigenvalue weighted by molar-refractivity contribution is -0.144. The van der Waals surface area contributed by atoms with E-state index in [2.05, 4.69) is 4.74 Å². The van der Waals surface area contributed by atoms with Crippen molar-refractivity contribution in [1.29, 1.82) is 0 Å². The quantitative estimate of drug-likeness (QED) is 0.598. The zero-order valence-electron chi connectivity index (χ0n) is 7.90. The lowest BCUT2D eigenvalue weighted by Gasteiger charge is -2.28. The Labute approximate surface area is 78.1 Å². The van der Waals surface area contributed by atoms with Gasteiger partial charge in [-0.15, -0.1) is 0 Å². The number of hydrogen-bond acceptors (Lipinski definition) is 4. The Morgan fingerprint density at radius 1 is 1.62 bits per heavy atom. The molecule has 0 aromatic rings. The van der Waals surface area contributed by atoms with Crippen molar-refractivity contribution in [3.05, 3.63) is 0 Å². The van der Waals surface area contributed by atoms with Crippen molar-refractivity contribution in [1.82, 2.24) is 0 Å². The van der Waals surface area contributed by atoms with Gasteiger partial charge in [0.05, 0.1) is 13.2 Å². The van der Waals surface area contributed by atoms with E-state index in [0.29, 0.717) is 6.42 Å². The van der Waals surface area contributed by atoms with Crippen molar-refractivity contribution >= 4 is 5.97 Å². The molecule has 3 atom stereocenters. The van der Waals surface area contributed by atoms with E-state index in [1.165, 1.54) is 7.11 Å². The van der Waals surface area contributed by atoms with Gasteiger partial charge in [0.15, 0.2) is 0 Å². The van der Waals surface area contributed by atoms with Crippen LogP contribution in [0.2, 0.25) is 0 Å². The van der Waals surface area contributed by atoms with Gasteiger partial charge in [-0.25, -0.2) is 0 Å². The molecular formula is C9H17NO3. The first kappa shape index (κ1) is 10.5. The number of ether oxygens (including phenoxy) is 1. The summed E-state index contributed by atoms with van der Waals surface area (Å²) < 4.78 is 4.55. The number of nitrogens with two attached hydrogens (primary N) is 1. The molecule has 3 N–H and O–H groups in total. The second-order valence-electron chi connectivity index (χ2n) is 3.63. The van der Waals surface area contributed by atoms with E-state index in [0.717, 1.165) is 19.3 Å². The van der Waals surface area contributed by atoms with Gasteiger partial charge < -0.3 is 15.6 Å². The van der Waals surface area contributed by atoms with Gasteiger partial charge in [0, 0.05) is 0 Å². The Morgan fingerprint density at radius 3 is 2.85 bits per heavy atom. The number of carbonyl (C=O) groups excluding carboxylic acids is 1. The van der Waals surface area contributed by atoms with Crippen LogP contribution in [-0.4, -0.2) is 30.3 Å². The van der Waals surface area contributed by atoms with Gasteiger partial charge in [0.25, 0.3) is 0 Å². The minimum Gasteiger partial charge on any atom is -0.468 e. The molecule has 4 heteroatoms. The predicted molar refractivity (Wildman–Crippen MR) is 48.0 cm³/mol. The summed E-state index contributed by atoms with van der Waals surface area (Å²) in [4.78, 5) is 11.1. The maximum absolute atomic E-state index is 11.1. The van der Waals surface area contributed by atoms with E-state index < -0.39 is 6.04 Å². The van der Waals surface area contributed by atoms with E-state index in [1.807, 2.05) is 0 Å². The van der Waals surface area contributed by atoms with E-state index in [1.54, 1.807) is 0 Å². The highest BCUT2D eigenvalue weighted by molar-refractivity contribution is 5.75. The van der Waals surface area contributed by atoms with Crippen LogP contribution in [0, 0.1) is 5.92 Å². The van der Waals surface area contributed by atoms with Gasteiger partial charge in [-0.2, -0.15) is 0 Å². The first-order valence-corrected chi connectivity index (χ1v) is 4.66. The third-order valence-electron chi connectivity index (χ3n) is 2.67. The highest BCUT2D eigenvalue weighted by Crippen LogP contribution is 2.26. The molecule has 0 heterocycles. The number of methoxy groups -OCH3 is 1. The van der Waals surface area contributed by atoms with Gasteiger partial charge in [0.2, 0.25) is 0 Å². The van der Waals surface area contributed by atoms with Crippen molar-refractivity contribution in [3.8, 4) is 0 Å². The number of aliphatic hydroxyl groups excluding tert-OH is 1. The Balaban J connectivity index is 2.45. The van der Waals surface area contributed by atoms with Crippen LogP contribution in [-0.2, 0) is 9.53 Å². The molecule has 1 aliphatic carbocycles. The highest BCUT2D eigenvalue weighted by atomic mass is 16.5. The van der Waals surface area contributed by atoms with E-state index in [4.69, 9.17) is 5.73 Å². The normalized spacial score (nSPS) is 31.0. The first-order valence-electron chi connectivity index (χ1n) is 4.66. The van der Waals surface area contributed by atoms with E-state index in [-0.39, 0.29) is 18.0 Å². The maximum atomic E-state index is 11.1. The molecule has 0 aromatic heterocycles. The minimum absolute atomic E-state index is 0.0798. The SMILES string of the molecule is COC(=O)[C@@H](N)[C@H]1CCC[C@@H](O)C1. The number of rotatable bonds is 2. The molecule has 0 saturated heterocycles. The van der Waals surface area contributed by atoms with Crippen molar-refractivity contribution < 1.29 is 14.6 Å². The summed E-state index contributed by atoms with van der Waals surface area (Å²) >= 11 is 0. The standard InChI is InChI=1S/C9H17NO3/c1-13-9(12)8(10)6-3-2-4-7(11)5-6/h6-8,11H,2-5,10H2,1H3/t6-,7+,8-/m0/s1. The molecule has 1 aliphatic rings. The van der Waals surface area contributed by atoms with E-state index in [9.17, 15) is 9.90 Å². The van der Waals surface area contributed by atoms with Crippen LogP contribution in [0.25, 0.3) is 0 Å². The van der Waals surface area contributed by atoms with Crippen molar-refractivity contribution in [2.45, 2.75) is 37.8 Å². The van der Waals surface area contributed by atoms with Crippen LogP contribution >= 0.6 is 0 Å². The number of hydrogen-bond donors (Lipinski definition) is 2. The molecular weight excluding hydrogens is 170 g/mol. The molecule has 1 saturated carbocycles. The van der Waals surface area contributed by atoms with Crippen molar-refractivity contribution in [3.63, 3.8) is 0 Å². The molecule has 1 fully saturated rings. The first-order chi connectivity index (χ1) is 6.15. The lowest BCUT2D eigenvalue weighted by atomic mass is 9.83. The molecule has 0 aromatic carbocycles. The van der Waals surface area contributed by atoms with Crippen LogP contribution in [0.5, 0.6) is 0 Å². The Kier molecular flexibility index (Phi) is 3.69. The molecule has 0 radical (unpaired) electrons. The van der Waals surface area contributed by atoms with Crippen LogP contribution < -0.4 is 5.73 Å². The summed E-state index contributed by atoms with van der Waals surface area (Å²) in [6.45, 7) is 0. The van der Waals surface area contributed by atoms with Crippen LogP contribution in [0.4, 0.5) is 0 Å². The van der Waals surface area contributed by atoms with Crippen molar-refractivity contribution in [2.75, 3.05) is 7.11 Å². The van der Waals surface area contributed by atoms with Gasteiger partial charge in [-0.1, -0.05) is 6.42 Å². The summed E-state index contributed by atoms with van der Waals surface area (Å²) in [5, 5.41) is 9.38. The minimum atomic E-state index is -0.569. The summed E-state index contributed by atoms with van der Waals surface area (Å²) in [7, 11) is 1.33. The smallest absolute Gasteiger partial charge is 0.322 e. The molecule has 1 rings (SSSR count). The monoisotopic (exact) mass is 187 g/mol. The maximum Gasteiger partial charge on any atom is 0.322 e. The molecule has 76 valence electrons. The molecule has 0 amide bonds.